The summed E-state index contributed by atoms with van der Waals surface area (Å²) in [5, 5.41) is 12.6. The highest BCUT2D eigenvalue weighted by Crippen LogP contribution is 2.04. The fraction of sp³-hybridized carbons (Fsp3) is 0.533. The third-order valence-corrected chi connectivity index (χ3v) is 1.38. The molecule has 0 aliphatic rings. The molecule has 1 aromatic carbocycles. The van der Waals surface area contributed by atoms with Crippen LogP contribution in [0.4, 0.5) is 5.69 Å². The van der Waals surface area contributed by atoms with E-state index in [1.54, 1.807) is 6.92 Å². The molecule has 2 N–H and O–H groups in total. The van der Waals surface area contributed by atoms with E-state index in [1.807, 2.05) is 71.9 Å². The van der Waals surface area contributed by atoms with E-state index in [1.165, 1.54) is 0 Å². The summed E-state index contributed by atoms with van der Waals surface area (Å²) in [7, 11) is 0. The zero-order chi connectivity index (χ0) is 14.8. The van der Waals surface area contributed by atoms with Gasteiger partial charge in [-0.15, -0.1) is 0 Å². The van der Waals surface area contributed by atoms with Crippen molar-refractivity contribution in [1.29, 1.82) is 0 Å². The number of benzene rings is 1. The second-order valence-electron chi connectivity index (χ2n) is 2.48. The zero-order valence-electron chi connectivity index (χ0n) is 13.0. The summed E-state index contributed by atoms with van der Waals surface area (Å²) in [5.41, 5.74) is 4.41. The SMILES string of the molecule is C/C(CO)=N\Nc1ccccc1.CC.CC.CC. The maximum Gasteiger partial charge on any atom is 0.0828 e. The highest BCUT2D eigenvalue weighted by Gasteiger charge is 1.87. The molecule has 0 spiro atoms. The van der Waals surface area contributed by atoms with Gasteiger partial charge in [0.15, 0.2) is 0 Å². The van der Waals surface area contributed by atoms with Gasteiger partial charge in [0.1, 0.15) is 0 Å². The minimum atomic E-state index is -0.0141. The minimum absolute atomic E-state index is 0.0141. The summed E-state index contributed by atoms with van der Waals surface area (Å²) in [5.74, 6) is 0. The average molecular weight is 254 g/mol. The van der Waals surface area contributed by atoms with Crippen LogP contribution in [0.3, 0.4) is 0 Å². The van der Waals surface area contributed by atoms with Crippen molar-refractivity contribution in [2.75, 3.05) is 12.0 Å². The van der Waals surface area contributed by atoms with Gasteiger partial charge < -0.3 is 5.11 Å². The van der Waals surface area contributed by atoms with Crippen LogP contribution in [0.2, 0.25) is 0 Å². The maximum atomic E-state index is 8.64. The maximum absolute atomic E-state index is 8.64. The van der Waals surface area contributed by atoms with Crippen molar-refractivity contribution in [3.05, 3.63) is 30.3 Å². The van der Waals surface area contributed by atoms with E-state index in [4.69, 9.17) is 5.11 Å². The molecule has 1 rings (SSSR count). The van der Waals surface area contributed by atoms with Crippen molar-refractivity contribution in [3.63, 3.8) is 0 Å². The van der Waals surface area contributed by atoms with Crippen molar-refractivity contribution in [2.24, 2.45) is 5.10 Å². The first-order valence-corrected chi connectivity index (χ1v) is 6.78. The van der Waals surface area contributed by atoms with Crippen LogP contribution in [0.5, 0.6) is 0 Å². The lowest BCUT2D eigenvalue weighted by molar-refractivity contribution is 0.356. The molecule has 0 heterocycles. The van der Waals surface area contributed by atoms with Gasteiger partial charge in [-0.25, -0.2) is 0 Å². The first-order chi connectivity index (χ1) is 8.83. The molecule has 0 radical (unpaired) electrons. The molecule has 0 aliphatic heterocycles. The molecule has 3 nitrogen and oxygen atoms in total. The molecule has 0 saturated heterocycles. The Bertz CT molecular complexity index is 258. The van der Waals surface area contributed by atoms with Gasteiger partial charge in [-0.2, -0.15) is 5.10 Å². The number of nitrogens with one attached hydrogen (secondary N) is 1. The largest absolute Gasteiger partial charge is 0.390 e. The number of hydrazone groups is 1. The number of hydrogen-bond donors (Lipinski definition) is 2. The predicted molar refractivity (Wildman–Crippen MR) is 84.3 cm³/mol. The number of aliphatic hydroxyl groups is 1. The lowest BCUT2D eigenvalue weighted by atomic mass is 10.3. The normalized spacial score (nSPS) is 8.56. The molecule has 0 atom stereocenters. The number of para-hydroxylation sites is 1. The Balaban J connectivity index is -0.000000328. The average Bonchev–Trinajstić information content (AvgIpc) is 2.52. The first kappa shape index (κ1) is 21.9. The number of hydrogen-bond acceptors (Lipinski definition) is 3. The highest BCUT2D eigenvalue weighted by atomic mass is 16.3. The van der Waals surface area contributed by atoms with Crippen molar-refractivity contribution >= 4 is 11.4 Å². The van der Waals surface area contributed by atoms with Crippen LogP contribution in [-0.2, 0) is 0 Å². The molecular weight excluding hydrogens is 224 g/mol. The highest BCUT2D eigenvalue weighted by molar-refractivity contribution is 5.83. The van der Waals surface area contributed by atoms with Gasteiger partial charge >= 0.3 is 0 Å². The third kappa shape index (κ3) is 14.6. The standard InChI is InChI=1S/C9H12N2O.3C2H6/c1-8(7-12)10-11-9-5-3-2-4-6-9;3*1-2/h2-6,11-12H,7H2,1H3;3*1-2H3/b10-8+;;;. The predicted octanol–water partition coefficient (Wildman–Crippen LogP) is 4.55. The molecular formula is C15H30N2O. The third-order valence-electron chi connectivity index (χ3n) is 1.38. The number of rotatable bonds is 3. The fourth-order valence-electron chi connectivity index (χ4n) is 0.708. The van der Waals surface area contributed by atoms with E-state index < -0.39 is 0 Å². The summed E-state index contributed by atoms with van der Waals surface area (Å²) in [6, 6.07) is 9.61. The molecule has 3 heteroatoms. The second kappa shape index (κ2) is 21.0. The fourth-order valence-corrected chi connectivity index (χ4v) is 0.708. The van der Waals surface area contributed by atoms with Crippen molar-refractivity contribution in [1.82, 2.24) is 0 Å². The van der Waals surface area contributed by atoms with Gasteiger partial charge in [0.2, 0.25) is 0 Å². The summed E-state index contributed by atoms with van der Waals surface area (Å²) in [6.07, 6.45) is 0. The monoisotopic (exact) mass is 254 g/mol. The topological polar surface area (TPSA) is 44.6 Å². The van der Waals surface area contributed by atoms with Crippen LogP contribution in [0, 0.1) is 0 Å². The van der Waals surface area contributed by atoms with Crippen LogP contribution in [0.15, 0.2) is 35.4 Å². The Morgan fingerprint density at radius 1 is 1.00 bits per heavy atom. The van der Waals surface area contributed by atoms with Crippen LogP contribution < -0.4 is 5.43 Å². The van der Waals surface area contributed by atoms with E-state index in [0.717, 1.165) is 5.69 Å². The number of nitrogens with zero attached hydrogens (tertiary/aromatic N) is 1. The summed E-state index contributed by atoms with van der Waals surface area (Å²) < 4.78 is 0. The van der Waals surface area contributed by atoms with Gasteiger partial charge in [-0.05, 0) is 19.1 Å². The van der Waals surface area contributed by atoms with E-state index >= 15 is 0 Å². The van der Waals surface area contributed by atoms with Gasteiger partial charge in [0.05, 0.1) is 18.0 Å². The Labute approximate surface area is 113 Å². The molecule has 0 bridgehead atoms. The van der Waals surface area contributed by atoms with Gasteiger partial charge in [0, 0.05) is 0 Å². The Morgan fingerprint density at radius 2 is 1.44 bits per heavy atom. The molecule has 0 aliphatic carbocycles. The number of anilines is 1. The molecule has 0 unspecified atom stereocenters. The molecule has 0 saturated carbocycles. The Hall–Kier alpha value is -1.35. The van der Waals surface area contributed by atoms with Crippen molar-refractivity contribution in [3.8, 4) is 0 Å². The molecule has 106 valence electrons. The molecule has 18 heavy (non-hydrogen) atoms. The first-order valence-electron chi connectivity index (χ1n) is 6.78. The van der Waals surface area contributed by atoms with Crippen LogP contribution >= 0.6 is 0 Å². The quantitative estimate of drug-likeness (QED) is 0.614. The van der Waals surface area contributed by atoms with Gasteiger partial charge in [0.25, 0.3) is 0 Å². The smallest absolute Gasteiger partial charge is 0.0828 e. The summed E-state index contributed by atoms with van der Waals surface area (Å²) in [6.45, 7) is 13.7. The van der Waals surface area contributed by atoms with Crippen LogP contribution in [-0.4, -0.2) is 17.4 Å². The van der Waals surface area contributed by atoms with Crippen LogP contribution in [0.1, 0.15) is 48.5 Å². The van der Waals surface area contributed by atoms with Crippen molar-refractivity contribution < 1.29 is 5.11 Å². The van der Waals surface area contributed by atoms with Gasteiger partial charge in [-0.1, -0.05) is 59.7 Å². The van der Waals surface area contributed by atoms with Gasteiger partial charge in [-0.3, -0.25) is 5.43 Å². The number of aliphatic hydroxyl groups excluding tert-OH is 1. The van der Waals surface area contributed by atoms with Crippen molar-refractivity contribution in [2.45, 2.75) is 48.5 Å². The molecule has 1 aromatic rings. The Kier molecular flexibility index (Phi) is 25.5. The van der Waals surface area contributed by atoms with E-state index in [9.17, 15) is 0 Å². The second-order valence-corrected chi connectivity index (χ2v) is 2.48. The lowest BCUT2D eigenvalue weighted by Crippen LogP contribution is -2.01. The molecule has 0 fully saturated rings. The summed E-state index contributed by atoms with van der Waals surface area (Å²) >= 11 is 0. The van der Waals surface area contributed by atoms with E-state index in [2.05, 4.69) is 10.5 Å². The minimum Gasteiger partial charge on any atom is -0.390 e. The zero-order valence-corrected chi connectivity index (χ0v) is 13.0. The van der Waals surface area contributed by atoms with E-state index in [0.29, 0.717) is 5.71 Å². The summed E-state index contributed by atoms with van der Waals surface area (Å²) in [4.78, 5) is 0. The van der Waals surface area contributed by atoms with Crippen LogP contribution in [0.25, 0.3) is 0 Å². The molecule has 0 amide bonds. The lowest BCUT2D eigenvalue weighted by Gasteiger charge is -1.99. The molecule has 0 aromatic heterocycles. The Morgan fingerprint density at radius 3 is 1.83 bits per heavy atom. The van der Waals surface area contributed by atoms with E-state index in [-0.39, 0.29) is 6.61 Å².